The van der Waals surface area contributed by atoms with E-state index in [1.807, 2.05) is 25.1 Å². The van der Waals surface area contributed by atoms with E-state index in [2.05, 4.69) is 30.5 Å². The summed E-state index contributed by atoms with van der Waals surface area (Å²) in [7, 11) is -3.27. The van der Waals surface area contributed by atoms with Crippen LogP contribution in [0.15, 0.2) is 39.7 Å². The van der Waals surface area contributed by atoms with Crippen LogP contribution in [0.3, 0.4) is 0 Å². The molecule has 1 aromatic carbocycles. The number of amides is 1. The molecule has 9 heteroatoms. The van der Waals surface area contributed by atoms with Crippen molar-refractivity contribution in [3.8, 4) is 11.1 Å². The second kappa shape index (κ2) is 8.70. The summed E-state index contributed by atoms with van der Waals surface area (Å²) in [6.45, 7) is 9.35. The molecule has 1 aliphatic rings. The molecule has 2 aromatic heterocycles. The first-order valence-electron chi connectivity index (χ1n) is 11.3. The molecule has 0 bridgehead atoms. The molecule has 1 atom stereocenters. The smallest absolute Gasteiger partial charge is 0.257 e. The summed E-state index contributed by atoms with van der Waals surface area (Å²) in [4.78, 5) is 30.7. The highest BCUT2D eigenvalue weighted by Gasteiger charge is 2.31. The monoisotopic (exact) mass is 485 g/mol. The van der Waals surface area contributed by atoms with Crippen LogP contribution < -0.4 is 10.3 Å². The molecular weight excluding hydrogens is 454 g/mol. The van der Waals surface area contributed by atoms with Crippen LogP contribution in [-0.4, -0.2) is 50.1 Å². The zero-order valence-electron chi connectivity index (χ0n) is 20.2. The van der Waals surface area contributed by atoms with Gasteiger partial charge in [-0.25, -0.2) is 13.1 Å². The molecule has 3 heterocycles. The van der Waals surface area contributed by atoms with Gasteiger partial charge in [-0.1, -0.05) is 20.8 Å². The molecule has 182 valence electrons. The molecule has 0 saturated carbocycles. The number of H-pyrrole nitrogens is 1. The number of aromatic nitrogens is 1. The average molecular weight is 486 g/mol. The Hall–Kier alpha value is -2.91. The van der Waals surface area contributed by atoms with E-state index in [4.69, 9.17) is 4.42 Å². The van der Waals surface area contributed by atoms with Gasteiger partial charge in [-0.05, 0) is 54.5 Å². The van der Waals surface area contributed by atoms with Crippen molar-refractivity contribution in [3.05, 3.63) is 57.7 Å². The number of pyridine rings is 1. The number of carbonyl (C=O) groups excluding carboxylic acids is 1. The third-order valence-corrected chi connectivity index (χ3v) is 6.98. The first-order chi connectivity index (χ1) is 15.8. The largest absolute Gasteiger partial charge is 0.463 e. The van der Waals surface area contributed by atoms with E-state index in [0.29, 0.717) is 41.7 Å². The van der Waals surface area contributed by atoms with Crippen molar-refractivity contribution in [3.63, 3.8) is 0 Å². The summed E-state index contributed by atoms with van der Waals surface area (Å²) in [6.07, 6.45) is 3.35. The van der Waals surface area contributed by atoms with Gasteiger partial charge >= 0.3 is 0 Å². The molecule has 8 nitrogen and oxygen atoms in total. The number of nitrogens with one attached hydrogen (secondary N) is 2. The fraction of sp³-hybridized carbons (Fsp3) is 0.440. The van der Waals surface area contributed by atoms with Crippen molar-refractivity contribution in [1.29, 1.82) is 0 Å². The van der Waals surface area contributed by atoms with E-state index in [1.54, 1.807) is 11.0 Å². The maximum absolute atomic E-state index is 13.4. The molecule has 3 aromatic rings. The average Bonchev–Trinajstić information content (AvgIpc) is 3.37. The Labute approximate surface area is 199 Å². The van der Waals surface area contributed by atoms with E-state index in [9.17, 15) is 18.0 Å². The van der Waals surface area contributed by atoms with Gasteiger partial charge in [-0.15, -0.1) is 0 Å². The minimum atomic E-state index is -3.27. The Morgan fingerprint density at radius 1 is 1.26 bits per heavy atom. The third kappa shape index (κ3) is 4.95. The highest BCUT2D eigenvalue weighted by Crippen LogP contribution is 2.37. The van der Waals surface area contributed by atoms with Crippen molar-refractivity contribution >= 4 is 26.9 Å². The molecular formula is C25H31N3O5S. The number of nitrogens with zero attached hydrogens (tertiary/aromatic N) is 1. The van der Waals surface area contributed by atoms with Gasteiger partial charge in [0.2, 0.25) is 10.0 Å². The van der Waals surface area contributed by atoms with Crippen LogP contribution in [-0.2, 0) is 15.4 Å². The van der Waals surface area contributed by atoms with Crippen molar-refractivity contribution in [2.24, 2.45) is 5.92 Å². The van der Waals surface area contributed by atoms with E-state index >= 15 is 0 Å². The maximum atomic E-state index is 13.4. The lowest BCUT2D eigenvalue weighted by Gasteiger charge is -2.21. The van der Waals surface area contributed by atoms with Crippen molar-refractivity contribution < 1.29 is 17.6 Å². The second-order valence-corrected chi connectivity index (χ2v) is 12.0. The Morgan fingerprint density at radius 3 is 2.65 bits per heavy atom. The quantitative estimate of drug-likeness (QED) is 0.575. The second-order valence-electron chi connectivity index (χ2n) is 10.2. The molecule has 2 N–H and O–H groups in total. The number of fused-ring (bicyclic) bond motifs is 1. The lowest BCUT2D eigenvalue weighted by atomic mass is 9.84. The van der Waals surface area contributed by atoms with Gasteiger partial charge in [0.05, 0.1) is 11.8 Å². The van der Waals surface area contributed by atoms with E-state index in [0.717, 1.165) is 29.5 Å². The van der Waals surface area contributed by atoms with Gasteiger partial charge in [-0.3, -0.25) is 9.59 Å². The van der Waals surface area contributed by atoms with E-state index in [-0.39, 0.29) is 22.8 Å². The minimum Gasteiger partial charge on any atom is -0.463 e. The highest BCUT2D eigenvalue weighted by atomic mass is 32.2. The first kappa shape index (κ1) is 24.2. The summed E-state index contributed by atoms with van der Waals surface area (Å²) in [5, 5.41) is 0.671. The van der Waals surface area contributed by atoms with Gasteiger partial charge in [0.25, 0.3) is 11.5 Å². The fourth-order valence-electron chi connectivity index (χ4n) is 4.44. The molecule has 4 rings (SSSR count). The Balaban J connectivity index is 1.73. The number of hydrogen-bond donors (Lipinski definition) is 2. The fourth-order valence-corrected chi connectivity index (χ4v) is 4.98. The van der Waals surface area contributed by atoms with Crippen molar-refractivity contribution in [2.75, 3.05) is 25.9 Å². The third-order valence-electron chi connectivity index (χ3n) is 6.29. The summed E-state index contributed by atoms with van der Waals surface area (Å²) < 4.78 is 31.3. The van der Waals surface area contributed by atoms with Crippen LogP contribution in [0.4, 0.5) is 0 Å². The Kier molecular flexibility index (Phi) is 6.20. The minimum absolute atomic E-state index is 0.0589. The van der Waals surface area contributed by atoms with Crippen LogP contribution in [0, 0.1) is 12.8 Å². The molecule has 1 fully saturated rings. The van der Waals surface area contributed by atoms with Gasteiger partial charge in [0.1, 0.15) is 11.8 Å². The number of rotatable bonds is 5. The van der Waals surface area contributed by atoms with Gasteiger partial charge < -0.3 is 14.3 Å². The van der Waals surface area contributed by atoms with Gasteiger partial charge in [0, 0.05) is 41.8 Å². The van der Waals surface area contributed by atoms with E-state index < -0.39 is 10.0 Å². The van der Waals surface area contributed by atoms with Crippen LogP contribution in [0.2, 0.25) is 0 Å². The highest BCUT2D eigenvalue weighted by molar-refractivity contribution is 7.88. The lowest BCUT2D eigenvalue weighted by Crippen LogP contribution is -2.32. The summed E-state index contributed by atoms with van der Waals surface area (Å²) in [5.41, 5.74) is 3.57. The molecule has 0 spiro atoms. The van der Waals surface area contributed by atoms with Crippen molar-refractivity contribution in [2.45, 2.75) is 39.5 Å². The van der Waals surface area contributed by atoms with Gasteiger partial charge in [-0.2, -0.15) is 0 Å². The van der Waals surface area contributed by atoms with E-state index in [1.165, 1.54) is 6.26 Å². The summed E-state index contributed by atoms with van der Waals surface area (Å²) >= 11 is 0. The molecule has 34 heavy (non-hydrogen) atoms. The summed E-state index contributed by atoms with van der Waals surface area (Å²) in [6, 6.07) is 7.46. The SMILES string of the molecule is Cc1ccc(-c2cc(C(C)(C)C)c3occ(C(=O)N4CC[C@H](CNS(C)(=O)=O)C4)c3c2)c(=O)[nH]1. The van der Waals surface area contributed by atoms with Gasteiger partial charge in [0.15, 0.2) is 0 Å². The molecule has 0 radical (unpaired) electrons. The Bertz CT molecular complexity index is 1410. The number of likely N-dealkylation sites (tertiary alicyclic amines) is 1. The first-order valence-corrected chi connectivity index (χ1v) is 13.2. The number of sulfonamides is 1. The number of benzene rings is 1. The topological polar surface area (TPSA) is 112 Å². The number of aromatic amines is 1. The summed E-state index contributed by atoms with van der Waals surface area (Å²) in [5.74, 6) is -0.0981. The number of hydrogen-bond acceptors (Lipinski definition) is 5. The normalized spacial score (nSPS) is 17.0. The number of aryl methyl sites for hydroxylation is 1. The Morgan fingerprint density at radius 2 is 2.00 bits per heavy atom. The van der Waals surface area contributed by atoms with Crippen molar-refractivity contribution in [1.82, 2.24) is 14.6 Å². The molecule has 1 aliphatic heterocycles. The molecule has 1 amide bonds. The van der Waals surface area contributed by atoms with Crippen LogP contribution in [0.1, 0.15) is 48.8 Å². The van der Waals surface area contributed by atoms with Crippen LogP contribution in [0.5, 0.6) is 0 Å². The number of furan rings is 1. The standard InChI is InChI=1S/C25H31N3O5S/c1-15-6-7-18(23(29)27-15)17-10-19-20(14-33-22(19)21(11-17)25(2,3)4)24(30)28-9-8-16(13-28)12-26-34(5,31)32/h6-7,10-11,14,16,26H,8-9,12-13H2,1-5H3,(H,27,29)/t16-/m1/s1. The molecule has 1 saturated heterocycles. The maximum Gasteiger partial charge on any atom is 0.257 e. The molecule has 0 aliphatic carbocycles. The zero-order valence-corrected chi connectivity index (χ0v) is 21.0. The zero-order chi connectivity index (χ0) is 24.8. The molecule has 0 unspecified atom stereocenters. The lowest BCUT2D eigenvalue weighted by molar-refractivity contribution is 0.0788. The number of carbonyl (C=O) groups is 1. The van der Waals surface area contributed by atoms with Crippen LogP contribution in [0.25, 0.3) is 22.1 Å². The predicted molar refractivity (Wildman–Crippen MR) is 133 cm³/mol. The van der Waals surface area contributed by atoms with Crippen LogP contribution >= 0.6 is 0 Å². The predicted octanol–water partition coefficient (Wildman–Crippen LogP) is 3.41.